The molecular weight excluding hydrogens is 1180 g/mol. The smallest absolute Gasteiger partial charge is 0.320 e. The van der Waals surface area contributed by atoms with Gasteiger partial charge >= 0.3 is 23.9 Å². The third kappa shape index (κ3) is 13.2. The predicted octanol–water partition coefficient (Wildman–Crippen LogP) is 9.85. The van der Waals surface area contributed by atoms with Crippen LogP contribution in [0.1, 0.15) is 163 Å². The molecular formula is C72H76N4O16. The predicted molar refractivity (Wildman–Crippen MR) is 343 cm³/mol. The minimum absolute atomic E-state index is 0.0360. The van der Waals surface area contributed by atoms with Crippen LogP contribution < -0.4 is 21.3 Å². The van der Waals surface area contributed by atoms with E-state index in [9.17, 15) is 80.5 Å². The lowest BCUT2D eigenvalue weighted by Crippen LogP contribution is -2.33. The maximum absolute atomic E-state index is 13.2. The van der Waals surface area contributed by atoms with Gasteiger partial charge in [0.2, 0.25) is 0 Å². The van der Waals surface area contributed by atoms with E-state index in [4.69, 9.17) is 0 Å². The summed E-state index contributed by atoms with van der Waals surface area (Å²) in [6.45, 7) is 10.7. The van der Waals surface area contributed by atoms with Crippen molar-refractivity contribution in [1.29, 1.82) is 0 Å². The highest BCUT2D eigenvalue weighted by Gasteiger charge is 2.40. The molecule has 1 aliphatic rings. The lowest BCUT2D eigenvalue weighted by molar-refractivity contribution is -0.140. The number of hydrogen-bond acceptors (Lipinski definition) is 16. The number of aromatic hydroxyl groups is 8. The number of aryl methyl sites for hydroxylation is 4. The Morgan fingerprint density at radius 2 is 0.435 bits per heavy atom. The molecule has 16 N–H and O–H groups in total. The Labute approximate surface area is 531 Å². The number of carboxylic acid groups (broad SMARTS) is 4. The van der Waals surface area contributed by atoms with Crippen LogP contribution in [0.5, 0.6) is 46.0 Å². The number of carbonyl (C=O) groups is 4. The summed E-state index contributed by atoms with van der Waals surface area (Å²) in [4.78, 5) is 50.1. The molecule has 480 valence electrons. The summed E-state index contributed by atoms with van der Waals surface area (Å²) in [6.07, 6.45) is 0. The molecule has 9 rings (SSSR count). The zero-order chi connectivity index (χ0) is 66.9. The fourth-order valence-corrected chi connectivity index (χ4v) is 12.0. The van der Waals surface area contributed by atoms with E-state index in [-0.39, 0.29) is 66.8 Å². The number of hydrogen-bond donors (Lipinski definition) is 16. The van der Waals surface area contributed by atoms with Crippen LogP contribution in [-0.4, -0.2) is 109 Å². The lowest BCUT2D eigenvalue weighted by atomic mass is 9.73. The molecule has 0 heterocycles. The zero-order valence-electron chi connectivity index (χ0n) is 52.0. The van der Waals surface area contributed by atoms with Crippen LogP contribution >= 0.6 is 0 Å². The van der Waals surface area contributed by atoms with Crippen LogP contribution in [0.4, 0.5) is 0 Å². The third-order valence-electron chi connectivity index (χ3n) is 17.7. The van der Waals surface area contributed by atoms with Gasteiger partial charge < -0.3 is 82.5 Å². The maximum atomic E-state index is 13.2. The highest BCUT2D eigenvalue weighted by molar-refractivity contribution is 5.76. The molecule has 92 heavy (non-hydrogen) atoms. The van der Waals surface area contributed by atoms with E-state index in [1.54, 1.807) is 97.1 Å². The summed E-state index contributed by atoms with van der Waals surface area (Å²) in [5.74, 6) is -15.3. The number of carboxylic acids is 4. The second kappa shape index (κ2) is 27.1. The Hall–Kier alpha value is -10.1. The van der Waals surface area contributed by atoms with Crippen LogP contribution in [0.3, 0.4) is 0 Å². The van der Waals surface area contributed by atoms with E-state index in [1.165, 1.54) is 52.0 Å². The number of phenolic OH excluding ortho intramolecular Hbond substituents is 8. The van der Waals surface area contributed by atoms with Crippen molar-refractivity contribution in [3.05, 3.63) is 233 Å². The molecule has 20 nitrogen and oxygen atoms in total. The van der Waals surface area contributed by atoms with Crippen molar-refractivity contribution in [1.82, 2.24) is 21.3 Å². The second-order valence-electron chi connectivity index (χ2n) is 24.1. The van der Waals surface area contributed by atoms with Crippen molar-refractivity contribution >= 4 is 23.9 Å². The first-order valence-electron chi connectivity index (χ1n) is 30.0. The third-order valence-corrected chi connectivity index (χ3v) is 17.7. The van der Waals surface area contributed by atoms with E-state index >= 15 is 0 Å². The first kappa shape index (κ1) is 66.3. The summed E-state index contributed by atoms with van der Waals surface area (Å²) in [7, 11) is 0. The van der Waals surface area contributed by atoms with E-state index in [0.29, 0.717) is 22.3 Å². The molecule has 0 saturated heterocycles. The van der Waals surface area contributed by atoms with E-state index in [0.717, 1.165) is 22.3 Å². The number of nitrogens with one attached hydrogen (secondary N) is 4. The van der Waals surface area contributed by atoms with Gasteiger partial charge in [-0.05, 0) is 102 Å². The van der Waals surface area contributed by atoms with Gasteiger partial charge in [-0.1, -0.05) is 119 Å². The average molecular weight is 1250 g/mol. The van der Waals surface area contributed by atoms with Crippen molar-refractivity contribution in [2.45, 2.75) is 129 Å². The summed E-state index contributed by atoms with van der Waals surface area (Å²) >= 11 is 0. The van der Waals surface area contributed by atoms with Gasteiger partial charge in [0.15, 0.2) is 0 Å². The lowest BCUT2D eigenvalue weighted by Gasteiger charge is -2.32. The first-order valence-corrected chi connectivity index (χ1v) is 30.0. The summed E-state index contributed by atoms with van der Waals surface area (Å²) in [5.41, 5.74) is 3.44. The molecule has 0 fully saturated rings. The molecule has 8 aromatic rings. The fourth-order valence-electron chi connectivity index (χ4n) is 12.0. The Morgan fingerprint density at radius 3 is 0.565 bits per heavy atom. The van der Waals surface area contributed by atoms with Gasteiger partial charge in [-0.25, -0.2) is 0 Å². The largest absolute Gasteiger partial charge is 0.507 e. The molecule has 0 aromatic heterocycles. The van der Waals surface area contributed by atoms with Gasteiger partial charge in [-0.3, -0.25) is 19.2 Å². The molecule has 1 aliphatic carbocycles. The van der Waals surface area contributed by atoms with E-state index in [1.807, 2.05) is 27.7 Å². The van der Waals surface area contributed by atoms with E-state index in [2.05, 4.69) is 21.3 Å². The number of phenols is 8. The number of fused-ring (bicyclic) bond motifs is 8. The number of benzene rings is 8. The molecule has 0 radical (unpaired) electrons. The standard InChI is InChI=1S/C72H76N4O16/c1-33-9-17-41(18-10-33)57-45-25-47(63(79)53(61(45)77)29-73-37(5)69(85)86)58(42-19-11-34(2)12-20-42)49-27-51(67(83)55(65(49)81)31-75-39(7)71(89)90)60(44-23-15-36(4)16-24-44)52-28-50(66(82)56(68(52)84)32-76-40(8)72(91)92)59(43-21-13-35(3)14-22-43)48-26-46(57)62(78)54(64(48)80)30-74-38(6)70(87)88/h9-28,37-40,57-60,73-84H,29-32H2,1-8H3,(H,85,86)(H,87,88)(H,89,90)(H,91,92). The van der Waals surface area contributed by atoms with Crippen LogP contribution in [0.25, 0.3) is 0 Å². The minimum atomic E-state index is -1.38. The van der Waals surface area contributed by atoms with E-state index < -0.39 is 144 Å². The minimum Gasteiger partial charge on any atom is -0.507 e. The zero-order valence-corrected chi connectivity index (χ0v) is 52.0. The monoisotopic (exact) mass is 1250 g/mol. The van der Waals surface area contributed by atoms with Gasteiger partial charge in [0.05, 0.1) is 22.3 Å². The van der Waals surface area contributed by atoms with Crippen molar-refractivity contribution in [2.75, 3.05) is 0 Å². The molecule has 0 saturated carbocycles. The molecule has 8 bridgehead atoms. The highest BCUT2D eigenvalue weighted by atomic mass is 16.4. The average Bonchev–Trinajstić information content (AvgIpc) is 0.742. The normalized spacial score (nSPS) is 16.7. The van der Waals surface area contributed by atoms with Gasteiger partial charge in [0, 0.05) is 94.4 Å². The first-order chi connectivity index (χ1) is 43.6. The number of rotatable bonds is 20. The topological polar surface area (TPSA) is 359 Å². The van der Waals surface area contributed by atoms with Crippen LogP contribution in [0, 0.1) is 27.7 Å². The molecule has 8 aromatic carbocycles. The Balaban J connectivity index is 1.60. The van der Waals surface area contributed by atoms with Crippen LogP contribution in [-0.2, 0) is 45.4 Å². The van der Waals surface area contributed by atoms with Crippen LogP contribution in [0.15, 0.2) is 121 Å². The van der Waals surface area contributed by atoms with Crippen LogP contribution in [0.2, 0.25) is 0 Å². The summed E-state index contributed by atoms with van der Waals surface area (Å²) in [5, 5.41) is 158. The van der Waals surface area contributed by atoms with Gasteiger partial charge in [0.25, 0.3) is 0 Å². The van der Waals surface area contributed by atoms with Gasteiger partial charge in [0.1, 0.15) is 70.2 Å². The van der Waals surface area contributed by atoms with Crippen molar-refractivity contribution < 1.29 is 80.5 Å². The highest BCUT2D eigenvalue weighted by Crippen LogP contribution is 2.57. The maximum Gasteiger partial charge on any atom is 0.320 e. The van der Waals surface area contributed by atoms with Crippen molar-refractivity contribution in [3.8, 4) is 46.0 Å². The molecule has 0 spiro atoms. The fraction of sp³-hybridized carbons (Fsp3) is 0.278. The quantitative estimate of drug-likeness (QED) is 0.0337. The molecule has 4 atom stereocenters. The number of aliphatic carboxylic acids is 4. The Bertz CT molecular complexity index is 3490. The van der Waals surface area contributed by atoms with Gasteiger partial charge in [-0.2, -0.15) is 0 Å². The SMILES string of the molecule is Cc1ccc(C2c3cc(c(O)c(CNC(C)C(=O)O)c3O)C(c3ccc(C)cc3)c3cc(c(O)c(CNC(C)C(=O)O)c3O)C(c3ccc(C)cc3)c3cc(c(O)c(CNC(C)C(=O)O)c3O)C(c3ccc(C)cc3)c3cc2c(O)c(CNC(C)C(=O)O)c3O)cc1. The molecule has 20 heteroatoms. The Kier molecular flexibility index (Phi) is 19.6. The summed E-state index contributed by atoms with van der Waals surface area (Å²) in [6, 6.07) is 28.9. The molecule has 0 aliphatic heterocycles. The van der Waals surface area contributed by atoms with Crippen molar-refractivity contribution in [2.24, 2.45) is 0 Å². The Morgan fingerprint density at radius 1 is 0.293 bits per heavy atom. The second-order valence-corrected chi connectivity index (χ2v) is 24.1. The molecule has 4 unspecified atom stereocenters. The van der Waals surface area contributed by atoms with Gasteiger partial charge in [-0.15, -0.1) is 0 Å². The molecule has 0 amide bonds. The van der Waals surface area contributed by atoms with Crippen molar-refractivity contribution in [3.63, 3.8) is 0 Å². The summed E-state index contributed by atoms with van der Waals surface area (Å²) < 4.78 is 0.